The summed E-state index contributed by atoms with van der Waals surface area (Å²) in [7, 11) is 3.41. The van der Waals surface area contributed by atoms with Gasteiger partial charge in [0.1, 0.15) is 0 Å². The van der Waals surface area contributed by atoms with Gasteiger partial charge in [0.2, 0.25) is 0 Å². The SMILES string of the molecule is COc1cc2[nH]c3c(c2cc1OC)CCN1C[C@H]2CC1[C@H]3C2. The summed E-state index contributed by atoms with van der Waals surface area (Å²) in [6.07, 6.45) is 3.89. The number of hydrogen-bond acceptors (Lipinski definition) is 3. The topological polar surface area (TPSA) is 37.5 Å². The summed E-state index contributed by atoms with van der Waals surface area (Å²) in [4.78, 5) is 6.45. The number of ether oxygens (including phenoxy) is 2. The third-order valence-electron chi connectivity index (χ3n) is 6.05. The number of piperidine rings is 1. The van der Waals surface area contributed by atoms with Crippen LogP contribution in [0, 0.1) is 5.92 Å². The molecule has 2 aromatic rings. The van der Waals surface area contributed by atoms with Crippen molar-refractivity contribution in [2.24, 2.45) is 5.92 Å². The first-order valence-electron chi connectivity index (χ1n) is 8.29. The van der Waals surface area contributed by atoms with E-state index in [1.54, 1.807) is 14.2 Å². The summed E-state index contributed by atoms with van der Waals surface area (Å²) in [5, 5.41) is 1.32. The van der Waals surface area contributed by atoms with Crippen LogP contribution in [-0.2, 0) is 6.42 Å². The van der Waals surface area contributed by atoms with Gasteiger partial charge >= 0.3 is 0 Å². The smallest absolute Gasteiger partial charge is 0.162 e. The van der Waals surface area contributed by atoms with E-state index in [2.05, 4.69) is 22.0 Å². The minimum absolute atomic E-state index is 0.695. The van der Waals surface area contributed by atoms with E-state index >= 15 is 0 Å². The monoisotopic (exact) mass is 298 g/mol. The van der Waals surface area contributed by atoms with E-state index < -0.39 is 0 Å². The number of rotatable bonds is 2. The lowest BCUT2D eigenvalue weighted by Crippen LogP contribution is -2.36. The zero-order valence-corrected chi connectivity index (χ0v) is 13.2. The van der Waals surface area contributed by atoms with Gasteiger partial charge in [0.25, 0.3) is 0 Å². The highest BCUT2D eigenvalue weighted by atomic mass is 16.5. The first kappa shape index (κ1) is 12.8. The zero-order chi connectivity index (χ0) is 14.8. The first-order chi connectivity index (χ1) is 10.8. The second-order valence-corrected chi connectivity index (χ2v) is 7.03. The molecule has 116 valence electrons. The Hall–Kier alpha value is -1.68. The van der Waals surface area contributed by atoms with E-state index in [-0.39, 0.29) is 0 Å². The molecule has 1 aromatic heterocycles. The van der Waals surface area contributed by atoms with Gasteiger partial charge in [-0.05, 0) is 36.8 Å². The van der Waals surface area contributed by atoms with Crippen molar-refractivity contribution in [1.29, 1.82) is 0 Å². The highest BCUT2D eigenvalue weighted by molar-refractivity contribution is 5.88. The molecule has 4 nitrogen and oxygen atoms in total. The van der Waals surface area contributed by atoms with E-state index in [4.69, 9.17) is 9.47 Å². The van der Waals surface area contributed by atoms with Gasteiger partial charge in [-0.3, -0.25) is 4.90 Å². The Morgan fingerprint density at radius 1 is 1.14 bits per heavy atom. The van der Waals surface area contributed by atoms with Crippen molar-refractivity contribution in [3.8, 4) is 11.5 Å². The third kappa shape index (κ3) is 1.56. The molecular formula is C18H22N2O2. The van der Waals surface area contributed by atoms with Gasteiger partial charge in [-0.2, -0.15) is 0 Å². The molecule has 1 unspecified atom stereocenters. The molecule has 3 aliphatic rings. The lowest BCUT2D eigenvalue weighted by Gasteiger charge is -2.30. The fraction of sp³-hybridized carbons (Fsp3) is 0.556. The van der Waals surface area contributed by atoms with Crippen molar-refractivity contribution in [2.45, 2.75) is 31.2 Å². The first-order valence-corrected chi connectivity index (χ1v) is 8.29. The summed E-state index contributed by atoms with van der Waals surface area (Å²) < 4.78 is 11.0. The highest BCUT2D eigenvalue weighted by Crippen LogP contribution is 2.50. The molecule has 5 rings (SSSR count). The third-order valence-corrected chi connectivity index (χ3v) is 6.05. The minimum Gasteiger partial charge on any atom is -0.493 e. The van der Waals surface area contributed by atoms with Gasteiger partial charge in [0.15, 0.2) is 11.5 Å². The Morgan fingerprint density at radius 3 is 2.73 bits per heavy atom. The molecule has 0 spiro atoms. The van der Waals surface area contributed by atoms with Crippen LogP contribution in [0.2, 0.25) is 0 Å². The number of nitrogens with zero attached hydrogens (tertiary/aromatic N) is 1. The fourth-order valence-electron chi connectivity index (χ4n) is 5.14. The zero-order valence-electron chi connectivity index (χ0n) is 13.2. The Kier molecular flexibility index (Phi) is 2.57. The Labute approximate surface area is 130 Å². The summed E-state index contributed by atoms with van der Waals surface area (Å²) in [6.45, 7) is 2.52. The van der Waals surface area contributed by atoms with Crippen molar-refractivity contribution in [2.75, 3.05) is 27.3 Å². The molecule has 1 N–H and O–H groups in total. The molecule has 3 heterocycles. The van der Waals surface area contributed by atoms with Crippen LogP contribution >= 0.6 is 0 Å². The van der Waals surface area contributed by atoms with Crippen molar-refractivity contribution in [1.82, 2.24) is 9.88 Å². The van der Waals surface area contributed by atoms with Crippen LogP contribution in [0.3, 0.4) is 0 Å². The Balaban J connectivity index is 1.71. The van der Waals surface area contributed by atoms with Crippen molar-refractivity contribution < 1.29 is 9.47 Å². The summed E-state index contributed by atoms with van der Waals surface area (Å²) in [5.41, 5.74) is 4.19. The number of aromatic nitrogens is 1. The normalized spacial score (nSPS) is 29.6. The van der Waals surface area contributed by atoms with E-state index in [1.807, 2.05) is 0 Å². The van der Waals surface area contributed by atoms with Gasteiger partial charge in [-0.25, -0.2) is 0 Å². The van der Waals surface area contributed by atoms with Crippen LogP contribution in [0.15, 0.2) is 12.1 Å². The number of benzene rings is 1. The van der Waals surface area contributed by atoms with Crippen molar-refractivity contribution >= 4 is 10.9 Å². The average Bonchev–Trinajstić information content (AvgIpc) is 3.21. The van der Waals surface area contributed by atoms with Crippen molar-refractivity contribution in [3.63, 3.8) is 0 Å². The molecule has 22 heavy (non-hydrogen) atoms. The average molecular weight is 298 g/mol. The van der Waals surface area contributed by atoms with Crippen LogP contribution in [0.25, 0.3) is 10.9 Å². The summed E-state index contributed by atoms with van der Waals surface area (Å²) in [5.74, 6) is 3.24. The fourth-order valence-corrected chi connectivity index (χ4v) is 5.14. The summed E-state index contributed by atoms with van der Waals surface area (Å²) >= 11 is 0. The van der Waals surface area contributed by atoms with E-state index in [9.17, 15) is 0 Å². The van der Waals surface area contributed by atoms with Crippen LogP contribution in [0.1, 0.15) is 30.0 Å². The minimum atomic E-state index is 0.695. The highest BCUT2D eigenvalue weighted by Gasteiger charge is 2.47. The molecule has 1 aromatic carbocycles. The Bertz CT molecular complexity index is 751. The molecule has 0 amide bonds. The Morgan fingerprint density at radius 2 is 1.95 bits per heavy atom. The maximum Gasteiger partial charge on any atom is 0.162 e. The van der Waals surface area contributed by atoms with Gasteiger partial charge in [-0.15, -0.1) is 0 Å². The number of H-pyrrole nitrogens is 1. The number of aromatic amines is 1. The quantitative estimate of drug-likeness (QED) is 0.926. The van der Waals surface area contributed by atoms with Gasteiger partial charge in [-0.1, -0.05) is 0 Å². The lowest BCUT2D eigenvalue weighted by molar-refractivity contribution is 0.201. The van der Waals surface area contributed by atoms with Crippen molar-refractivity contribution in [3.05, 3.63) is 23.4 Å². The molecule has 1 aliphatic carbocycles. The van der Waals surface area contributed by atoms with Crippen LogP contribution < -0.4 is 9.47 Å². The lowest BCUT2D eigenvalue weighted by atomic mass is 9.93. The van der Waals surface area contributed by atoms with E-state index in [0.717, 1.165) is 29.9 Å². The maximum atomic E-state index is 5.50. The molecule has 4 heteroatoms. The van der Waals surface area contributed by atoms with E-state index in [1.165, 1.54) is 48.1 Å². The molecule has 1 saturated heterocycles. The second kappa shape index (κ2) is 4.42. The predicted molar refractivity (Wildman–Crippen MR) is 85.9 cm³/mol. The van der Waals surface area contributed by atoms with Crippen LogP contribution in [-0.4, -0.2) is 43.2 Å². The van der Waals surface area contributed by atoms with Gasteiger partial charge in [0, 0.05) is 47.7 Å². The molecule has 0 radical (unpaired) electrons. The number of nitrogens with one attached hydrogen (secondary N) is 1. The molecule has 2 fully saturated rings. The molecule has 2 bridgehead atoms. The number of hydrogen-bond donors (Lipinski definition) is 1. The second-order valence-electron chi connectivity index (χ2n) is 7.03. The molecular weight excluding hydrogens is 276 g/mol. The molecule has 2 aliphatic heterocycles. The standard InChI is InChI=1S/C18H22N2O2/c1-21-16-7-12-11-3-4-20-9-10-5-13(15(20)6-10)18(11)19-14(12)8-17(16)22-2/h7-8,10,13,15,19H,3-6,9H2,1-2H3/t10-,13-,15?/m1/s1. The molecule has 1 saturated carbocycles. The van der Waals surface area contributed by atoms with Gasteiger partial charge in [0.05, 0.1) is 14.2 Å². The van der Waals surface area contributed by atoms with Gasteiger partial charge < -0.3 is 14.5 Å². The predicted octanol–water partition coefficient (Wildman–Crippen LogP) is 2.92. The summed E-state index contributed by atoms with van der Waals surface area (Å²) in [6, 6.07) is 5.01. The maximum absolute atomic E-state index is 5.50. The van der Waals surface area contributed by atoms with E-state index in [0.29, 0.717) is 5.92 Å². The largest absolute Gasteiger partial charge is 0.493 e. The number of fused-ring (bicyclic) bond motifs is 5. The van der Waals surface area contributed by atoms with Crippen LogP contribution in [0.5, 0.6) is 11.5 Å². The molecule has 3 atom stereocenters. The number of methoxy groups -OCH3 is 2. The van der Waals surface area contributed by atoms with Crippen LogP contribution in [0.4, 0.5) is 0 Å².